The summed E-state index contributed by atoms with van der Waals surface area (Å²) in [4.78, 5) is 24.0. The highest BCUT2D eigenvalue weighted by atomic mass is 19.4. The van der Waals surface area contributed by atoms with Crippen LogP contribution >= 0.6 is 0 Å². The summed E-state index contributed by atoms with van der Waals surface area (Å²) in [6.07, 6.45) is -3.43. The van der Waals surface area contributed by atoms with Gasteiger partial charge in [0, 0.05) is 13.1 Å². The Balaban J connectivity index is 2.74. The Labute approximate surface area is 102 Å². The van der Waals surface area contributed by atoms with E-state index in [-0.39, 0.29) is 0 Å². The van der Waals surface area contributed by atoms with Crippen LogP contribution in [0.3, 0.4) is 0 Å². The third kappa shape index (κ3) is 3.78. The van der Waals surface area contributed by atoms with Crippen LogP contribution < -0.4 is 0 Å². The molecule has 1 unspecified atom stereocenters. The van der Waals surface area contributed by atoms with Gasteiger partial charge in [0.2, 0.25) is 0 Å². The standard InChI is InChI=1S/C10H15F3N2O3/c1-6(8(16)17)14(2)9(18)15(7-3-4-7)5-10(11,12)13/h6-7H,3-5H2,1-2H3,(H,16,17). The molecular formula is C10H15F3N2O3. The number of carboxylic acids is 1. The lowest BCUT2D eigenvalue weighted by molar-refractivity contribution is -0.144. The van der Waals surface area contributed by atoms with Gasteiger partial charge < -0.3 is 14.9 Å². The first-order chi connectivity index (χ1) is 8.13. The number of hydrogen-bond donors (Lipinski definition) is 1. The summed E-state index contributed by atoms with van der Waals surface area (Å²) in [5.41, 5.74) is 0. The topological polar surface area (TPSA) is 60.9 Å². The molecule has 8 heteroatoms. The fraction of sp³-hybridized carbons (Fsp3) is 0.800. The molecule has 1 N–H and O–H groups in total. The molecule has 1 atom stereocenters. The first-order valence-electron chi connectivity index (χ1n) is 5.46. The number of amides is 2. The molecule has 1 fully saturated rings. The number of urea groups is 1. The van der Waals surface area contributed by atoms with E-state index in [9.17, 15) is 22.8 Å². The molecular weight excluding hydrogens is 253 g/mol. The van der Waals surface area contributed by atoms with E-state index >= 15 is 0 Å². The largest absolute Gasteiger partial charge is 0.480 e. The van der Waals surface area contributed by atoms with E-state index in [2.05, 4.69) is 0 Å². The van der Waals surface area contributed by atoms with Crippen molar-refractivity contribution in [3.63, 3.8) is 0 Å². The Morgan fingerprint density at radius 3 is 2.22 bits per heavy atom. The molecule has 0 aliphatic heterocycles. The van der Waals surface area contributed by atoms with Crippen LogP contribution in [0.2, 0.25) is 0 Å². The maximum atomic E-state index is 12.3. The molecule has 0 aromatic rings. The third-order valence-electron chi connectivity index (χ3n) is 2.82. The Morgan fingerprint density at radius 2 is 1.89 bits per heavy atom. The van der Waals surface area contributed by atoms with Crippen molar-refractivity contribution in [2.45, 2.75) is 38.0 Å². The number of likely N-dealkylation sites (N-methyl/N-ethyl adjacent to an activating group) is 1. The third-order valence-corrected chi connectivity index (χ3v) is 2.82. The zero-order valence-corrected chi connectivity index (χ0v) is 10.1. The van der Waals surface area contributed by atoms with Gasteiger partial charge in [0.05, 0.1) is 0 Å². The first-order valence-corrected chi connectivity index (χ1v) is 5.46. The minimum atomic E-state index is -4.48. The van der Waals surface area contributed by atoms with E-state index in [1.165, 1.54) is 14.0 Å². The molecule has 1 aliphatic carbocycles. The van der Waals surface area contributed by atoms with Crippen molar-refractivity contribution in [2.24, 2.45) is 0 Å². The molecule has 18 heavy (non-hydrogen) atoms. The van der Waals surface area contributed by atoms with Crippen LogP contribution in [0.25, 0.3) is 0 Å². The molecule has 1 rings (SSSR count). The van der Waals surface area contributed by atoms with Crippen LogP contribution in [0, 0.1) is 0 Å². The molecule has 104 valence electrons. The molecule has 1 saturated carbocycles. The van der Waals surface area contributed by atoms with Gasteiger partial charge in [0.1, 0.15) is 12.6 Å². The van der Waals surface area contributed by atoms with Crippen molar-refractivity contribution in [1.82, 2.24) is 9.80 Å². The van der Waals surface area contributed by atoms with Gasteiger partial charge >= 0.3 is 18.2 Å². The zero-order valence-electron chi connectivity index (χ0n) is 10.1. The summed E-state index contributed by atoms with van der Waals surface area (Å²) < 4.78 is 37.0. The summed E-state index contributed by atoms with van der Waals surface area (Å²) in [5, 5.41) is 8.74. The quantitative estimate of drug-likeness (QED) is 0.841. The average molecular weight is 268 g/mol. The smallest absolute Gasteiger partial charge is 0.406 e. The average Bonchev–Trinajstić information content (AvgIpc) is 3.05. The molecule has 0 spiro atoms. The molecule has 0 heterocycles. The highest BCUT2D eigenvalue weighted by molar-refractivity contribution is 5.82. The second-order valence-corrected chi connectivity index (χ2v) is 4.38. The first kappa shape index (κ1) is 14.6. The zero-order chi connectivity index (χ0) is 14.1. The highest BCUT2D eigenvalue weighted by Gasteiger charge is 2.42. The monoisotopic (exact) mass is 268 g/mol. The maximum absolute atomic E-state index is 12.3. The van der Waals surface area contributed by atoms with Crippen LogP contribution in [0.15, 0.2) is 0 Å². The highest BCUT2D eigenvalue weighted by Crippen LogP contribution is 2.31. The normalized spacial score (nSPS) is 17.2. The van der Waals surface area contributed by atoms with Crippen molar-refractivity contribution in [2.75, 3.05) is 13.6 Å². The number of aliphatic carboxylic acids is 1. The molecule has 0 radical (unpaired) electrons. The molecule has 0 aromatic heterocycles. The van der Waals surface area contributed by atoms with Crippen LogP contribution in [-0.2, 0) is 4.79 Å². The minimum absolute atomic E-state index is 0.428. The summed E-state index contributed by atoms with van der Waals surface area (Å²) in [5.74, 6) is -1.26. The number of hydrogen-bond acceptors (Lipinski definition) is 2. The van der Waals surface area contributed by atoms with Crippen molar-refractivity contribution in [1.29, 1.82) is 0 Å². The number of halogens is 3. The van der Waals surface area contributed by atoms with E-state index in [0.717, 1.165) is 4.90 Å². The SMILES string of the molecule is CC(C(=O)O)N(C)C(=O)N(CC(F)(F)F)C1CC1. The Kier molecular flexibility index (Phi) is 4.08. The fourth-order valence-electron chi connectivity index (χ4n) is 1.47. The van der Waals surface area contributed by atoms with Crippen LogP contribution in [0.4, 0.5) is 18.0 Å². The fourth-order valence-corrected chi connectivity index (χ4v) is 1.47. The molecule has 2 amide bonds. The Bertz CT molecular complexity index is 342. The van der Waals surface area contributed by atoms with E-state index in [1.54, 1.807) is 0 Å². The molecule has 5 nitrogen and oxygen atoms in total. The Morgan fingerprint density at radius 1 is 1.39 bits per heavy atom. The van der Waals surface area contributed by atoms with Gasteiger partial charge in [0.15, 0.2) is 0 Å². The number of carboxylic acid groups (broad SMARTS) is 1. The van der Waals surface area contributed by atoms with Gasteiger partial charge in [-0.1, -0.05) is 0 Å². The number of carbonyl (C=O) groups is 2. The van der Waals surface area contributed by atoms with Crippen molar-refractivity contribution >= 4 is 12.0 Å². The second-order valence-electron chi connectivity index (χ2n) is 4.38. The van der Waals surface area contributed by atoms with Crippen molar-refractivity contribution in [3.8, 4) is 0 Å². The predicted octanol–water partition coefficient (Wildman–Crippen LogP) is 1.54. The van der Waals surface area contributed by atoms with Gasteiger partial charge in [0.25, 0.3) is 0 Å². The van der Waals surface area contributed by atoms with Crippen molar-refractivity contribution in [3.05, 3.63) is 0 Å². The van der Waals surface area contributed by atoms with Gasteiger partial charge in [-0.25, -0.2) is 9.59 Å². The van der Waals surface area contributed by atoms with E-state index < -0.39 is 36.8 Å². The van der Waals surface area contributed by atoms with E-state index in [1.807, 2.05) is 0 Å². The van der Waals surface area contributed by atoms with Gasteiger partial charge in [-0.3, -0.25) is 0 Å². The number of carbonyl (C=O) groups excluding carboxylic acids is 1. The Hall–Kier alpha value is -1.47. The van der Waals surface area contributed by atoms with Crippen LogP contribution in [0.1, 0.15) is 19.8 Å². The summed E-state index contributed by atoms with van der Waals surface area (Å²) in [6, 6.07) is -2.49. The van der Waals surface area contributed by atoms with Gasteiger partial charge in [-0.05, 0) is 19.8 Å². The lowest BCUT2D eigenvalue weighted by atomic mass is 10.3. The lowest BCUT2D eigenvalue weighted by Gasteiger charge is -2.30. The summed E-state index contributed by atoms with van der Waals surface area (Å²) >= 11 is 0. The molecule has 0 bridgehead atoms. The summed E-state index contributed by atoms with van der Waals surface area (Å²) in [7, 11) is 1.19. The predicted molar refractivity (Wildman–Crippen MR) is 56.0 cm³/mol. The number of nitrogens with zero attached hydrogens (tertiary/aromatic N) is 2. The molecule has 0 aromatic carbocycles. The van der Waals surface area contributed by atoms with E-state index in [0.29, 0.717) is 17.7 Å². The van der Waals surface area contributed by atoms with E-state index in [4.69, 9.17) is 5.11 Å². The molecule has 1 aliphatic rings. The minimum Gasteiger partial charge on any atom is -0.480 e. The van der Waals surface area contributed by atoms with Crippen molar-refractivity contribution < 1.29 is 27.9 Å². The second kappa shape index (κ2) is 5.03. The molecule has 0 saturated heterocycles. The van der Waals surface area contributed by atoms with Crippen LogP contribution in [-0.4, -0.2) is 58.8 Å². The maximum Gasteiger partial charge on any atom is 0.406 e. The number of rotatable bonds is 4. The summed E-state index contributed by atoms with van der Waals surface area (Å²) in [6.45, 7) is -0.0912. The van der Waals surface area contributed by atoms with Crippen LogP contribution in [0.5, 0.6) is 0 Å². The van der Waals surface area contributed by atoms with Gasteiger partial charge in [-0.15, -0.1) is 0 Å². The van der Waals surface area contributed by atoms with Gasteiger partial charge in [-0.2, -0.15) is 13.2 Å². The lowest BCUT2D eigenvalue weighted by Crippen LogP contribution is -2.51. The number of alkyl halides is 3.